The predicted octanol–water partition coefficient (Wildman–Crippen LogP) is 4.69. The fourth-order valence-electron chi connectivity index (χ4n) is 3.52. The van der Waals surface area contributed by atoms with Gasteiger partial charge in [-0.3, -0.25) is 14.2 Å². The monoisotopic (exact) mass is 536 g/mol. The Morgan fingerprint density at radius 2 is 1.84 bits per heavy atom. The number of benzene rings is 2. The van der Waals surface area contributed by atoms with E-state index in [1.54, 1.807) is 23.3 Å². The Morgan fingerprint density at radius 3 is 2.51 bits per heavy atom. The van der Waals surface area contributed by atoms with Crippen LogP contribution in [0.1, 0.15) is 42.5 Å². The molecule has 0 fully saturated rings. The summed E-state index contributed by atoms with van der Waals surface area (Å²) in [5, 5.41) is 17.1. The molecule has 0 unspecified atom stereocenters. The maximum atomic E-state index is 12.9. The first kappa shape index (κ1) is 26.4. The van der Waals surface area contributed by atoms with Crippen molar-refractivity contribution in [2.45, 2.75) is 37.9 Å². The lowest BCUT2D eigenvalue weighted by Gasteiger charge is -2.19. The standard InChI is InChI=1S/C26H28N6O3S2/c1-26(2,3)18-11-9-17(10-12-18)23(34)28-15-21-30-31-25(32(21)19-7-5-6-8-20(19)35-4)37-16-22(33)29-24-27-13-14-36-24/h5-14H,15-16H2,1-4H3,(H,28,34)(H,27,29,33). The van der Waals surface area contributed by atoms with Crippen LogP contribution in [0.25, 0.3) is 5.69 Å². The van der Waals surface area contributed by atoms with Crippen molar-refractivity contribution in [3.05, 3.63) is 77.1 Å². The van der Waals surface area contributed by atoms with Crippen molar-refractivity contribution >= 4 is 40.0 Å². The van der Waals surface area contributed by atoms with E-state index in [1.807, 2.05) is 48.5 Å². The fraction of sp³-hybridized carbons (Fsp3) is 0.269. The number of anilines is 1. The minimum atomic E-state index is -0.216. The summed E-state index contributed by atoms with van der Waals surface area (Å²) in [6.45, 7) is 6.53. The molecule has 0 saturated carbocycles. The summed E-state index contributed by atoms with van der Waals surface area (Å²) < 4.78 is 7.34. The molecule has 4 rings (SSSR count). The topological polar surface area (TPSA) is 111 Å². The van der Waals surface area contributed by atoms with Gasteiger partial charge in [0.25, 0.3) is 5.91 Å². The molecule has 0 aliphatic rings. The molecular formula is C26H28N6O3S2. The lowest BCUT2D eigenvalue weighted by molar-refractivity contribution is -0.113. The average Bonchev–Trinajstić information content (AvgIpc) is 3.55. The van der Waals surface area contributed by atoms with Crippen LogP contribution in [0, 0.1) is 0 Å². The van der Waals surface area contributed by atoms with Gasteiger partial charge in [-0.2, -0.15) is 0 Å². The molecule has 2 amide bonds. The summed E-state index contributed by atoms with van der Waals surface area (Å²) in [6, 6.07) is 15.0. The molecule has 192 valence electrons. The van der Waals surface area contributed by atoms with E-state index in [-0.39, 0.29) is 29.5 Å². The summed E-state index contributed by atoms with van der Waals surface area (Å²) >= 11 is 2.58. The number of thiazole rings is 1. The first-order valence-electron chi connectivity index (χ1n) is 11.5. The van der Waals surface area contributed by atoms with E-state index >= 15 is 0 Å². The Morgan fingerprint density at radius 1 is 1.08 bits per heavy atom. The van der Waals surface area contributed by atoms with Crippen molar-refractivity contribution in [3.63, 3.8) is 0 Å². The molecule has 2 aromatic heterocycles. The van der Waals surface area contributed by atoms with Crippen molar-refractivity contribution < 1.29 is 14.3 Å². The summed E-state index contributed by atoms with van der Waals surface area (Å²) in [4.78, 5) is 29.4. The van der Waals surface area contributed by atoms with E-state index < -0.39 is 0 Å². The number of thioether (sulfide) groups is 1. The molecule has 0 atom stereocenters. The van der Waals surface area contributed by atoms with Crippen LogP contribution in [-0.4, -0.2) is 44.4 Å². The summed E-state index contributed by atoms with van der Waals surface area (Å²) in [5.74, 6) is 0.808. The number of para-hydroxylation sites is 2. The number of amides is 2. The molecule has 11 heteroatoms. The number of carbonyl (C=O) groups excluding carboxylic acids is 2. The molecule has 2 heterocycles. The molecule has 0 bridgehead atoms. The van der Waals surface area contributed by atoms with Gasteiger partial charge in [0.1, 0.15) is 5.75 Å². The van der Waals surface area contributed by atoms with Gasteiger partial charge in [-0.25, -0.2) is 4.98 Å². The van der Waals surface area contributed by atoms with Gasteiger partial charge >= 0.3 is 0 Å². The van der Waals surface area contributed by atoms with E-state index in [0.717, 1.165) is 5.56 Å². The normalized spacial score (nSPS) is 11.2. The Kier molecular flexibility index (Phi) is 8.24. The Labute approximate surface area is 223 Å². The molecule has 2 aromatic carbocycles. The average molecular weight is 537 g/mol. The third-order valence-electron chi connectivity index (χ3n) is 5.46. The molecule has 2 N–H and O–H groups in total. The van der Waals surface area contributed by atoms with Crippen molar-refractivity contribution in [3.8, 4) is 11.4 Å². The third-order valence-corrected chi connectivity index (χ3v) is 7.08. The highest BCUT2D eigenvalue weighted by Gasteiger charge is 2.20. The van der Waals surface area contributed by atoms with Gasteiger partial charge in [-0.15, -0.1) is 21.5 Å². The van der Waals surface area contributed by atoms with Crippen molar-refractivity contribution in [2.24, 2.45) is 0 Å². The number of hydrogen-bond acceptors (Lipinski definition) is 8. The first-order valence-corrected chi connectivity index (χ1v) is 13.4. The van der Waals surface area contributed by atoms with Gasteiger partial charge in [-0.1, -0.05) is 56.8 Å². The van der Waals surface area contributed by atoms with Crippen LogP contribution in [0.2, 0.25) is 0 Å². The lowest BCUT2D eigenvalue weighted by Crippen LogP contribution is -2.25. The lowest BCUT2D eigenvalue weighted by atomic mass is 9.87. The molecule has 4 aromatic rings. The number of hydrogen-bond donors (Lipinski definition) is 2. The number of methoxy groups -OCH3 is 1. The van der Waals surface area contributed by atoms with E-state index in [1.165, 1.54) is 23.1 Å². The summed E-state index contributed by atoms with van der Waals surface area (Å²) in [6.07, 6.45) is 1.63. The van der Waals surface area contributed by atoms with Gasteiger partial charge in [0.15, 0.2) is 16.1 Å². The van der Waals surface area contributed by atoms with Crippen LogP contribution in [0.5, 0.6) is 5.75 Å². The second-order valence-corrected chi connectivity index (χ2v) is 10.9. The van der Waals surface area contributed by atoms with Crippen LogP contribution in [-0.2, 0) is 16.8 Å². The number of ether oxygens (including phenoxy) is 1. The van der Waals surface area contributed by atoms with Gasteiger partial charge < -0.3 is 15.4 Å². The van der Waals surface area contributed by atoms with Crippen molar-refractivity contribution in [1.29, 1.82) is 0 Å². The third kappa shape index (κ3) is 6.55. The van der Waals surface area contributed by atoms with E-state index in [0.29, 0.717) is 33.1 Å². The summed E-state index contributed by atoms with van der Waals surface area (Å²) in [5.41, 5.74) is 2.42. The first-order chi connectivity index (χ1) is 17.8. The number of carbonyl (C=O) groups is 2. The van der Waals surface area contributed by atoms with E-state index in [2.05, 4.69) is 46.6 Å². The second-order valence-electron chi connectivity index (χ2n) is 9.09. The molecule has 0 spiro atoms. The van der Waals surface area contributed by atoms with Gasteiger partial charge in [-0.05, 0) is 35.2 Å². The number of rotatable bonds is 9. The van der Waals surface area contributed by atoms with Gasteiger partial charge in [0.05, 0.1) is 25.1 Å². The van der Waals surface area contributed by atoms with Crippen LogP contribution < -0.4 is 15.4 Å². The van der Waals surface area contributed by atoms with Crippen molar-refractivity contribution in [2.75, 3.05) is 18.2 Å². The summed E-state index contributed by atoms with van der Waals surface area (Å²) in [7, 11) is 1.58. The molecule has 9 nitrogen and oxygen atoms in total. The van der Waals surface area contributed by atoms with Crippen LogP contribution in [0.3, 0.4) is 0 Å². The highest BCUT2D eigenvalue weighted by Crippen LogP contribution is 2.29. The zero-order chi connectivity index (χ0) is 26.4. The maximum absolute atomic E-state index is 12.9. The van der Waals surface area contributed by atoms with Gasteiger partial charge in [0, 0.05) is 17.1 Å². The molecule has 0 aliphatic heterocycles. The van der Waals surface area contributed by atoms with E-state index in [9.17, 15) is 9.59 Å². The quantitative estimate of drug-likeness (QED) is 0.299. The molecule has 0 aliphatic carbocycles. The largest absolute Gasteiger partial charge is 0.495 e. The minimum absolute atomic E-state index is 0.00538. The minimum Gasteiger partial charge on any atom is -0.495 e. The van der Waals surface area contributed by atoms with E-state index in [4.69, 9.17) is 4.74 Å². The molecule has 0 radical (unpaired) electrons. The number of nitrogens with one attached hydrogen (secondary N) is 2. The number of nitrogens with zero attached hydrogens (tertiary/aromatic N) is 4. The molecule has 37 heavy (non-hydrogen) atoms. The fourth-order valence-corrected chi connectivity index (χ4v) is 4.83. The zero-order valence-corrected chi connectivity index (χ0v) is 22.7. The number of aromatic nitrogens is 4. The second kappa shape index (κ2) is 11.6. The highest BCUT2D eigenvalue weighted by atomic mass is 32.2. The Hall–Kier alpha value is -3.70. The van der Waals surface area contributed by atoms with Crippen molar-refractivity contribution in [1.82, 2.24) is 25.1 Å². The maximum Gasteiger partial charge on any atom is 0.251 e. The highest BCUT2D eigenvalue weighted by molar-refractivity contribution is 7.99. The Balaban J connectivity index is 1.53. The Bertz CT molecular complexity index is 1360. The molecular weight excluding hydrogens is 508 g/mol. The van der Waals surface area contributed by atoms with Crippen LogP contribution in [0.15, 0.2) is 65.3 Å². The van der Waals surface area contributed by atoms with Crippen LogP contribution >= 0.6 is 23.1 Å². The zero-order valence-electron chi connectivity index (χ0n) is 21.0. The van der Waals surface area contributed by atoms with Crippen LogP contribution in [0.4, 0.5) is 5.13 Å². The SMILES string of the molecule is COc1ccccc1-n1c(CNC(=O)c2ccc(C(C)(C)C)cc2)nnc1SCC(=O)Nc1nccs1. The smallest absolute Gasteiger partial charge is 0.251 e. The predicted molar refractivity (Wildman–Crippen MR) is 146 cm³/mol. The molecule has 0 saturated heterocycles. The van der Waals surface area contributed by atoms with Gasteiger partial charge in [0.2, 0.25) is 5.91 Å².